The molecule has 0 saturated heterocycles. The monoisotopic (exact) mass is 251 g/mol. The minimum atomic E-state index is -0.0738. The minimum absolute atomic E-state index is 0.0738. The highest BCUT2D eigenvalue weighted by Crippen LogP contribution is 2.23. The Kier molecular flexibility index (Phi) is 2.76. The molecule has 0 fully saturated rings. The lowest BCUT2D eigenvalue weighted by molar-refractivity contribution is -0.114. The van der Waals surface area contributed by atoms with Crippen molar-refractivity contribution in [2.24, 2.45) is 0 Å². The predicted molar refractivity (Wildman–Crippen MR) is 74.9 cm³/mol. The molecule has 19 heavy (non-hydrogen) atoms. The highest BCUT2D eigenvalue weighted by molar-refractivity contribution is 5.89. The largest absolute Gasteiger partial charge is 0.326 e. The number of amides is 1. The molecular formula is C15H13N3O. The molecule has 2 aromatic heterocycles. The second-order valence-corrected chi connectivity index (χ2v) is 4.33. The normalized spacial score (nSPS) is 10.6. The van der Waals surface area contributed by atoms with Gasteiger partial charge in [-0.1, -0.05) is 18.2 Å². The Morgan fingerprint density at radius 1 is 1.21 bits per heavy atom. The summed E-state index contributed by atoms with van der Waals surface area (Å²) in [6.07, 6.45) is 3.81. The molecule has 0 spiro atoms. The summed E-state index contributed by atoms with van der Waals surface area (Å²) >= 11 is 0. The smallest absolute Gasteiger partial charge is 0.221 e. The molecule has 0 atom stereocenters. The molecule has 1 aromatic carbocycles. The van der Waals surface area contributed by atoms with E-state index in [4.69, 9.17) is 0 Å². The summed E-state index contributed by atoms with van der Waals surface area (Å²) < 4.78 is 2.02. The summed E-state index contributed by atoms with van der Waals surface area (Å²) in [5.41, 5.74) is 3.71. The minimum Gasteiger partial charge on any atom is -0.326 e. The van der Waals surface area contributed by atoms with Crippen LogP contribution < -0.4 is 5.32 Å². The standard InChI is InChI=1S/C15H13N3O/c1-11(19)17-13-6-4-5-12(9-13)14-10-16-15-7-2-3-8-18(14)15/h2-10H,1H3,(H,17,19). The Hall–Kier alpha value is -2.62. The van der Waals surface area contributed by atoms with Crippen LogP contribution in [-0.2, 0) is 4.79 Å². The number of rotatable bonds is 2. The van der Waals surface area contributed by atoms with Gasteiger partial charge < -0.3 is 5.32 Å². The van der Waals surface area contributed by atoms with Crippen LogP contribution in [0.15, 0.2) is 54.9 Å². The van der Waals surface area contributed by atoms with Crippen LogP contribution in [0.1, 0.15) is 6.92 Å². The second-order valence-electron chi connectivity index (χ2n) is 4.33. The SMILES string of the molecule is CC(=O)Nc1cccc(-c2cnc3ccccn23)c1. The molecule has 94 valence electrons. The third kappa shape index (κ3) is 2.20. The molecule has 3 aromatic rings. The van der Waals surface area contributed by atoms with Gasteiger partial charge in [0.1, 0.15) is 5.65 Å². The van der Waals surface area contributed by atoms with Crippen molar-refractivity contribution < 1.29 is 4.79 Å². The Bertz CT molecular complexity index is 746. The number of anilines is 1. The molecule has 0 aliphatic heterocycles. The van der Waals surface area contributed by atoms with E-state index in [-0.39, 0.29) is 5.91 Å². The maximum absolute atomic E-state index is 11.1. The summed E-state index contributed by atoms with van der Waals surface area (Å²) in [6, 6.07) is 13.6. The zero-order valence-electron chi connectivity index (χ0n) is 10.5. The Labute approximate surface area is 110 Å². The Morgan fingerprint density at radius 2 is 2.11 bits per heavy atom. The maximum Gasteiger partial charge on any atom is 0.221 e. The molecule has 0 unspecified atom stereocenters. The summed E-state index contributed by atoms with van der Waals surface area (Å²) in [4.78, 5) is 15.5. The molecule has 0 bridgehead atoms. The van der Waals surface area contributed by atoms with Gasteiger partial charge >= 0.3 is 0 Å². The molecule has 3 rings (SSSR count). The van der Waals surface area contributed by atoms with Gasteiger partial charge in [-0.3, -0.25) is 9.20 Å². The molecule has 0 radical (unpaired) electrons. The summed E-state index contributed by atoms with van der Waals surface area (Å²) in [7, 11) is 0. The first kappa shape index (κ1) is 11.5. The number of nitrogens with zero attached hydrogens (tertiary/aromatic N) is 2. The zero-order valence-corrected chi connectivity index (χ0v) is 10.5. The van der Waals surface area contributed by atoms with Crippen LogP contribution in [0.2, 0.25) is 0 Å². The fourth-order valence-electron chi connectivity index (χ4n) is 2.11. The van der Waals surface area contributed by atoms with E-state index in [1.807, 2.05) is 59.3 Å². The number of pyridine rings is 1. The van der Waals surface area contributed by atoms with Crippen LogP contribution in [0.25, 0.3) is 16.9 Å². The zero-order chi connectivity index (χ0) is 13.2. The van der Waals surface area contributed by atoms with Crippen LogP contribution in [0.5, 0.6) is 0 Å². The average molecular weight is 251 g/mol. The van der Waals surface area contributed by atoms with E-state index >= 15 is 0 Å². The van der Waals surface area contributed by atoms with Crippen molar-refractivity contribution in [3.8, 4) is 11.3 Å². The van der Waals surface area contributed by atoms with Crippen LogP contribution in [0, 0.1) is 0 Å². The van der Waals surface area contributed by atoms with Crippen LogP contribution in [0.4, 0.5) is 5.69 Å². The lowest BCUT2D eigenvalue weighted by atomic mass is 10.1. The van der Waals surface area contributed by atoms with Gasteiger partial charge in [0.15, 0.2) is 0 Å². The summed E-state index contributed by atoms with van der Waals surface area (Å²) in [5.74, 6) is -0.0738. The molecule has 0 aliphatic carbocycles. The molecule has 1 N–H and O–H groups in total. The van der Waals surface area contributed by atoms with Crippen molar-refractivity contribution >= 4 is 17.2 Å². The van der Waals surface area contributed by atoms with E-state index in [0.29, 0.717) is 0 Å². The summed E-state index contributed by atoms with van der Waals surface area (Å²) in [6.45, 7) is 1.50. The quantitative estimate of drug-likeness (QED) is 0.761. The van der Waals surface area contributed by atoms with E-state index in [2.05, 4.69) is 10.3 Å². The van der Waals surface area contributed by atoms with Crippen molar-refractivity contribution in [1.82, 2.24) is 9.38 Å². The maximum atomic E-state index is 11.1. The van der Waals surface area contributed by atoms with E-state index in [9.17, 15) is 4.79 Å². The number of fused-ring (bicyclic) bond motifs is 1. The lowest BCUT2D eigenvalue weighted by Gasteiger charge is -2.05. The number of hydrogen-bond donors (Lipinski definition) is 1. The van der Waals surface area contributed by atoms with Gasteiger partial charge in [-0.25, -0.2) is 4.98 Å². The highest BCUT2D eigenvalue weighted by atomic mass is 16.1. The fraction of sp³-hybridized carbons (Fsp3) is 0.0667. The number of aromatic nitrogens is 2. The van der Waals surface area contributed by atoms with Gasteiger partial charge in [0, 0.05) is 24.4 Å². The fourth-order valence-corrected chi connectivity index (χ4v) is 2.11. The van der Waals surface area contributed by atoms with Gasteiger partial charge in [-0.05, 0) is 24.3 Å². The van der Waals surface area contributed by atoms with Crippen LogP contribution >= 0.6 is 0 Å². The van der Waals surface area contributed by atoms with Crippen molar-refractivity contribution in [2.75, 3.05) is 5.32 Å². The van der Waals surface area contributed by atoms with Crippen molar-refractivity contribution in [3.05, 3.63) is 54.9 Å². The van der Waals surface area contributed by atoms with Gasteiger partial charge in [-0.2, -0.15) is 0 Å². The van der Waals surface area contributed by atoms with E-state index in [1.165, 1.54) is 6.92 Å². The van der Waals surface area contributed by atoms with E-state index in [0.717, 1.165) is 22.6 Å². The first-order valence-electron chi connectivity index (χ1n) is 6.04. The van der Waals surface area contributed by atoms with E-state index < -0.39 is 0 Å². The topological polar surface area (TPSA) is 46.4 Å². The number of benzene rings is 1. The van der Waals surface area contributed by atoms with Gasteiger partial charge in [0.2, 0.25) is 5.91 Å². The molecule has 2 heterocycles. The number of nitrogens with one attached hydrogen (secondary N) is 1. The van der Waals surface area contributed by atoms with Crippen LogP contribution in [0.3, 0.4) is 0 Å². The number of hydrogen-bond acceptors (Lipinski definition) is 2. The van der Waals surface area contributed by atoms with Gasteiger partial charge in [0.25, 0.3) is 0 Å². The first-order chi connectivity index (χ1) is 9.24. The first-order valence-corrected chi connectivity index (χ1v) is 6.04. The number of carbonyl (C=O) groups excluding carboxylic acids is 1. The van der Waals surface area contributed by atoms with Gasteiger partial charge in [-0.15, -0.1) is 0 Å². The molecule has 1 amide bonds. The molecule has 4 heteroatoms. The predicted octanol–water partition coefficient (Wildman–Crippen LogP) is 2.96. The van der Waals surface area contributed by atoms with Crippen molar-refractivity contribution in [2.45, 2.75) is 6.92 Å². The summed E-state index contributed by atoms with van der Waals surface area (Å²) in [5, 5.41) is 2.79. The Balaban J connectivity index is 2.09. The molecule has 0 aliphatic rings. The second kappa shape index (κ2) is 4.57. The third-order valence-corrected chi connectivity index (χ3v) is 2.90. The van der Waals surface area contributed by atoms with Crippen molar-refractivity contribution in [1.29, 1.82) is 0 Å². The number of imidazole rings is 1. The van der Waals surface area contributed by atoms with Crippen LogP contribution in [-0.4, -0.2) is 15.3 Å². The molecular weight excluding hydrogens is 238 g/mol. The van der Waals surface area contributed by atoms with Crippen molar-refractivity contribution in [3.63, 3.8) is 0 Å². The van der Waals surface area contributed by atoms with Gasteiger partial charge in [0.05, 0.1) is 11.9 Å². The Morgan fingerprint density at radius 3 is 2.95 bits per heavy atom. The highest BCUT2D eigenvalue weighted by Gasteiger charge is 2.06. The third-order valence-electron chi connectivity index (χ3n) is 2.90. The molecule has 0 saturated carbocycles. The number of carbonyl (C=O) groups is 1. The average Bonchev–Trinajstić information content (AvgIpc) is 2.82. The van der Waals surface area contributed by atoms with E-state index in [1.54, 1.807) is 0 Å². The molecule has 4 nitrogen and oxygen atoms in total. The lowest BCUT2D eigenvalue weighted by Crippen LogP contribution is -2.05.